The van der Waals surface area contributed by atoms with E-state index in [2.05, 4.69) is 37.0 Å². The molecule has 3 amide bonds. The fourth-order valence-corrected chi connectivity index (χ4v) is 2.97. The van der Waals surface area contributed by atoms with Crippen LogP contribution in [-0.2, 0) is 4.79 Å². The van der Waals surface area contributed by atoms with Gasteiger partial charge in [-0.05, 0) is 37.3 Å². The van der Waals surface area contributed by atoms with Crippen LogP contribution in [0, 0.1) is 6.92 Å². The Labute approximate surface area is 171 Å². The highest BCUT2D eigenvalue weighted by Crippen LogP contribution is 2.20. The number of aromatic nitrogens is 2. The lowest BCUT2D eigenvalue weighted by Crippen LogP contribution is -2.31. The maximum atomic E-state index is 12.3. The van der Waals surface area contributed by atoms with E-state index in [-0.39, 0.29) is 24.9 Å². The van der Waals surface area contributed by atoms with E-state index in [1.54, 1.807) is 22.9 Å². The van der Waals surface area contributed by atoms with Crippen LogP contribution >= 0.6 is 15.9 Å². The summed E-state index contributed by atoms with van der Waals surface area (Å²) in [4.78, 5) is 24.1. The van der Waals surface area contributed by atoms with Crippen molar-refractivity contribution in [2.45, 2.75) is 13.3 Å². The van der Waals surface area contributed by atoms with Crippen LogP contribution in [0.25, 0.3) is 5.69 Å². The minimum absolute atomic E-state index is 0.144. The zero-order valence-corrected chi connectivity index (χ0v) is 16.9. The van der Waals surface area contributed by atoms with Crippen molar-refractivity contribution in [3.8, 4) is 5.69 Å². The second-order valence-corrected chi connectivity index (χ2v) is 7.02. The van der Waals surface area contributed by atoms with Gasteiger partial charge in [-0.15, -0.1) is 0 Å². The summed E-state index contributed by atoms with van der Waals surface area (Å²) in [6.07, 6.45) is 0.144. The molecule has 0 saturated heterocycles. The number of rotatable bonds is 6. The molecule has 28 heavy (non-hydrogen) atoms. The molecule has 3 rings (SSSR count). The molecule has 0 saturated carbocycles. The molecule has 0 radical (unpaired) electrons. The van der Waals surface area contributed by atoms with Crippen molar-refractivity contribution in [3.63, 3.8) is 0 Å². The zero-order valence-electron chi connectivity index (χ0n) is 15.3. The maximum absolute atomic E-state index is 12.3. The molecule has 1 aromatic heterocycles. The van der Waals surface area contributed by atoms with Crippen molar-refractivity contribution in [2.75, 3.05) is 17.2 Å². The minimum Gasteiger partial charge on any atom is -0.337 e. The predicted molar refractivity (Wildman–Crippen MR) is 113 cm³/mol. The molecular weight excluding hydrogens is 422 g/mol. The second kappa shape index (κ2) is 9.18. The Kier molecular flexibility index (Phi) is 6.44. The van der Waals surface area contributed by atoms with Gasteiger partial charge in [0, 0.05) is 29.2 Å². The topological polar surface area (TPSA) is 88.0 Å². The molecule has 1 heterocycles. The summed E-state index contributed by atoms with van der Waals surface area (Å²) in [5.41, 5.74) is 2.31. The first kappa shape index (κ1) is 19.6. The van der Waals surface area contributed by atoms with Gasteiger partial charge in [-0.2, -0.15) is 5.10 Å². The maximum Gasteiger partial charge on any atom is 0.319 e. The van der Waals surface area contributed by atoms with Crippen LogP contribution in [0.15, 0.2) is 65.1 Å². The highest BCUT2D eigenvalue weighted by Gasteiger charge is 2.11. The quantitative estimate of drug-likeness (QED) is 0.537. The summed E-state index contributed by atoms with van der Waals surface area (Å²) >= 11 is 3.44. The fourth-order valence-electron chi connectivity index (χ4n) is 2.58. The number of carbonyl (C=O) groups is 2. The third-order valence-electron chi connectivity index (χ3n) is 3.82. The van der Waals surface area contributed by atoms with Crippen LogP contribution in [0.3, 0.4) is 0 Å². The Morgan fingerprint density at radius 2 is 1.82 bits per heavy atom. The van der Waals surface area contributed by atoms with Gasteiger partial charge in [-0.1, -0.05) is 40.2 Å². The molecule has 0 atom stereocenters. The Morgan fingerprint density at radius 3 is 2.57 bits per heavy atom. The number of nitrogens with one attached hydrogen (secondary N) is 3. The number of urea groups is 1. The summed E-state index contributed by atoms with van der Waals surface area (Å²) in [6.45, 7) is 2.08. The number of hydrogen-bond acceptors (Lipinski definition) is 3. The van der Waals surface area contributed by atoms with Crippen molar-refractivity contribution in [1.82, 2.24) is 15.1 Å². The third-order valence-corrected chi connectivity index (χ3v) is 4.31. The molecule has 3 N–H and O–H groups in total. The molecule has 7 nitrogen and oxygen atoms in total. The summed E-state index contributed by atoms with van der Waals surface area (Å²) in [6, 6.07) is 18.2. The van der Waals surface area contributed by atoms with E-state index in [9.17, 15) is 9.59 Å². The molecule has 0 aliphatic carbocycles. The van der Waals surface area contributed by atoms with Gasteiger partial charge in [0.1, 0.15) is 5.82 Å². The van der Waals surface area contributed by atoms with E-state index in [1.165, 1.54) is 0 Å². The predicted octanol–water partition coefficient (Wildman–Crippen LogP) is 4.09. The third kappa shape index (κ3) is 5.43. The molecule has 0 aliphatic heterocycles. The van der Waals surface area contributed by atoms with Crippen molar-refractivity contribution in [1.29, 1.82) is 0 Å². The lowest BCUT2D eigenvalue weighted by Gasteiger charge is -2.10. The molecule has 0 unspecified atom stereocenters. The molecule has 0 aliphatic rings. The normalized spacial score (nSPS) is 10.4. The van der Waals surface area contributed by atoms with Gasteiger partial charge in [-0.3, -0.25) is 4.79 Å². The number of halogens is 1. The van der Waals surface area contributed by atoms with E-state index in [1.807, 2.05) is 49.4 Å². The molecule has 0 spiro atoms. The van der Waals surface area contributed by atoms with Crippen LogP contribution in [-0.4, -0.2) is 28.3 Å². The smallest absolute Gasteiger partial charge is 0.319 e. The first-order valence-electron chi connectivity index (χ1n) is 8.73. The fraction of sp³-hybridized carbons (Fsp3) is 0.150. The van der Waals surface area contributed by atoms with E-state index < -0.39 is 0 Å². The van der Waals surface area contributed by atoms with Crippen LogP contribution < -0.4 is 16.0 Å². The molecule has 8 heteroatoms. The summed E-state index contributed by atoms with van der Waals surface area (Å²) in [5.74, 6) is 0.366. The average molecular weight is 442 g/mol. The SMILES string of the molecule is Cc1cc(NC(=O)CCNC(=O)Nc2ccccc2)n(-c2cccc(Br)c2)n1. The van der Waals surface area contributed by atoms with Gasteiger partial charge in [0.25, 0.3) is 0 Å². The van der Waals surface area contributed by atoms with Crippen LogP contribution in [0.1, 0.15) is 12.1 Å². The number of amides is 3. The van der Waals surface area contributed by atoms with Crippen molar-refractivity contribution < 1.29 is 9.59 Å². The lowest BCUT2D eigenvalue weighted by atomic mass is 10.3. The van der Waals surface area contributed by atoms with Crippen LogP contribution in [0.2, 0.25) is 0 Å². The van der Waals surface area contributed by atoms with E-state index in [4.69, 9.17) is 0 Å². The van der Waals surface area contributed by atoms with Gasteiger partial charge >= 0.3 is 6.03 Å². The van der Waals surface area contributed by atoms with Gasteiger partial charge < -0.3 is 16.0 Å². The van der Waals surface area contributed by atoms with Crippen LogP contribution in [0.5, 0.6) is 0 Å². The van der Waals surface area contributed by atoms with Gasteiger partial charge in [0.2, 0.25) is 5.91 Å². The monoisotopic (exact) mass is 441 g/mol. The Hall–Kier alpha value is -3.13. The molecular formula is C20H20BrN5O2. The molecule has 0 bridgehead atoms. The van der Waals surface area contributed by atoms with Gasteiger partial charge in [-0.25, -0.2) is 9.48 Å². The Balaban J connectivity index is 1.53. The van der Waals surface area contributed by atoms with Crippen molar-refractivity contribution in [3.05, 3.63) is 70.8 Å². The van der Waals surface area contributed by atoms with Gasteiger partial charge in [0.15, 0.2) is 0 Å². The van der Waals surface area contributed by atoms with E-state index in [0.717, 1.165) is 15.9 Å². The largest absolute Gasteiger partial charge is 0.337 e. The van der Waals surface area contributed by atoms with Crippen molar-refractivity contribution >= 4 is 39.4 Å². The molecule has 2 aromatic carbocycles. The first-order chi connectivity index (χ1) is 13.5. The standard InChI is InChI=1S/C20H20BrN5O2/c1-14-12-18(26(25-14)17-9-5-6-15(21)13-17)24-19(27)10-11-22-20(28)23-16-7-3-2-4-8-16/h2-9,12-13H,10-11H2,1H3,(H,24,27)(H2,22,23,28). The van der Waals surface area contributed by atoms with E-state index in [0.29, 0.717) is 11.5 Å². The minimum atomic E-state index is -0.353. The highest BCUT2D eigenvalue weighted by atomic mass is 79.9. The summed E-state index contributed by atoms with van der Waals surface area (Å²) in [7, 11) is 0. The summed E-state index contributed by atoms with van der Waals surface area (Å²) < 4.78 is 2.59. The molecule has 0 fully saturated rings. The Bertz CT molecular complexity index is 972. The van der Waals surface area contributed by atoms with Gasteiger partial charge in [0.05, 0.1) is 11.4 Å². The molecule has 144 valence electrons. The number of para-hydroxylation sites is 1. The highest BCUT2D eigenvalue weighted by molar-refractivity contribution is 9.10. The number of hydrogen-bond donors (Lipinski definition) is 3. The number of carbonyl (C=O) groups excluding carboxylic acids is 2. The number of anilines is 2. The second-order valence-electron chi connectivity index (χ2n) is 6.11. The van der Waals surface area contributed by atoms with Crippen molar-refractivity contribution in [2.24, 2.45) is 0 Å². The summed E-state index contributed by atoms with van der Waals surface area (Å²) in [5, 5.41) is 12.7. The average Bonchev–Trinajstić information content (AvgIpc) is 3.02. The van der Waals surface area contributed by atoms with E-state index >= 15 is 0 Å². The number of benzene rings is 2. The molecule has 3 aromatic rings. The first-order valence-corrected chi connectivity index (χ1v) is 9.53. The number of nitrogens with zero attached hydrogens (tertiary/aromatic N) is 2. The van der Waals surface area contributed by atoms with Crippen LogP contribution in [0.4, 0.5) is 16.3 Å². The lowest BCUT2D eigenvalue weighted by molar-refractivity contribution is -0.116. The Morgan fingerprint density at radius 1 is 1.04 bits per heavy atom. The zero-order chi connectivity index (χ0) is 19.9. The number of aryl methyl sites for hydroxylation is 1.